The summed E-state index contributed by atoms with van der Waals surface area (Å²) in [5.41, 5.74) is 2.99. The molecule has 4 rings (SSSR count). The van der Waals surface area contributed by atoms with E-state index in [0.717, 1.165) is 29.8 Å². The number of hydrogen-bond donors (Lipinski definition) is 1. The number of benzene rings is 2. The predicted molar refractivity (Wildman–Crippen MR) is 124 cm³/mol. The number of unbranched alkanes of at least 4 members (excludes halogenated alkanes) is 1. The van der Waals surface area contributed by atoms with Crippen LogP contribution in [0.1, 0.15) is 31.6 Å². The fraction of sp³-hybridized carbons (Fsp3) is 0.348. The van der Waals surface area contributed by atoms with Crippen molar-refractivity contribution in [1.82, 2.24) is 15.2 Å². The smallest absolute Gasteiger partial charge is 0.247 e. The number of para-hydroxylation sites is 1. The molecule has 1 aliphatic rings. The van der Waals surface area contributed by atoms with E-state index in [1.54, 1.807) is 45.2 Å². The third-order valence-corrected chi connectivity index (χ3v) is 6.00. The minimum absolute atomic E-state index is 0.404. The van der Waals surface area contributed by atoms with Crippen LogP contribution < -0.4 is 24.3 Å². The monoisotopic (exact) mass is 454 g/mol. The van der Waals surface area contributed by atoms with Crippen molar-refractivity contribution < 1.29 is 18.9 Å². The Kier molecular flexibility index (Phi) is 6.84. The summed E-state index contributed by atoms with van der Waals surface area (Å²) in [5, 5.41) is 12.8. The van der Waals surface area contributed by atoms with Gasteiger partial charge in [0.05, 0.1) is 26.9 Å². The third kappa shape index (κ3) is 4.38. The second kappa shape index (κ2) is 9.95. The Bertz CT molecular complexity index is 1070. The van der Waals surface area contributed by atoms with Gasteiger partial charge in [0.2, 0.25) is 17.3 Å². The first-order valence-electron chi connectivity index (χ1n) is 10.4. The highest BCUT2D eigenvalue weighted by Gasteiger charge is 2.30. The summed E-state index contributed by atoms with van der Waals surface area (Å²) < 4.78 is 23.1. The zero-order valence-electron chi connectivity index (χ0n) is 18.5. The van der Waals surface area contributed by atoms with Crippen molar-refractivity contribution in [3.05, 3.63) is 42.0 Å². The molecule has 0 fully saturated rings. The normalized spacial score (nSPS) is 14.3. The van der Waals surface area contributed by atoms with E-state index in [1.165, 1.54) is 0 Å². The van der Waals surface area contributed by atoms with E-state index in [9.17, 15) is 0 Å². The predicted octanol–water partition coefficient (Wildman–Crippen LogP) is 4.96. The lowest BCUT2D eigenvalue weighted by atomic mass is 10.1. The number of nitrogens with zero attached hydrogens (tertiary/aromatic N) is 3. The van der Waals surface area contributed by atoms with Crippen LogP contribution >= 0.6 is 11.8 Å². The van der Waals surface area contributed by atoms with Crippen LogP contribution in [0, 0.1) is 0 Å². The van der Waals surface area contributed by atoms with Crippen molar-refractivity contribution in [1.29, 1.82) is 0 Å². The maximum absolute atomic E-state index is 6.39. The van der Waals surface area contributed by atoms with Crippen LogP contribution in [0.3, 0.4) is 0 Å². The molecule has 1 aliphatic heterocycles. The number of ether oxygens (including phenoxy) is 4. The van der Waals surface area contributed by atoms with Gasteiger partial charge >= 0.3 is 0 Å². The second-order valence-electron chi connectivity index (χ2n) is 7.08. The SMILES string of the molecule is CCCCSc1nnc2c(n1)O[C@@H](c1c(OC)cc(OC)cc1OC)Nc1ccccc1-2. The molecule has 0 saturated carbocycles. The number of thioether (sulfide) groups is 1. The molecule has 32 heavy (non-hydrogen) atoms. The fourth-order valence-electron chi connectivity index (χ4n) is 3.44. The Labute approximate surface area is 191 Å². The van der Waals surface area contributed by atoms with Gasteiger partial charge in [0.1, 0.15) is 17.2 Å². The van der Waals surface area contributed by atoms with Crippen LogP contribution in [-0.2, 0) is 0 Å². The van der Waals surface area contributed by atoms with E-state index in [0.29, 0.717) is 39.5 Å². The van der Waals surface area contributed by atoms with E-state index in [1.807, 2.05) is 24.3 Å². The zero-order valence-corrected chi connectivity index (χ0v) is 19.4. The van der Waals surface area contributed by atoms with E-state index >= 15 is 0 Å². The summed E-state index contributed by atoms with van der Waals surface area (Å²) in [6.07, 6.45) is 1.55. The number of fused-ring (bicyclic) bond motifs is 3. The number of methoxy groups -OCH3 is 3. The molecule has 1 aromatic heterocycles. The highest BCUT2D eigenvalue weighted by Crippen LogP contribution is 2.45. The second-order valence-corrected chi connectivity index (χ2v) is 8.15. The number of anilines is 1. The highest BCUT2D eigenvalue weighted by atomic mass is 32.2. The van der Waals surface area contributed by atoms with Gasteiger partial charge in [-0.3, -0.25) is 0 Å². The summed E-state index contributed by atoms with van der Waals surface area (Å²) in [6, 6.07) is 11.4. The van der Waals surface area contributed by atoms with Crippen molar-refractivity contribution in [2.24, 2.45) is 0 Å². The first-order valence-corrected chi connectivity index (χ1v) is 11.4. The molecule has 0 radical (unpaired) electrons. The average Bonchev–Trinajstić information content (AvgIpc) is 2.99. The minimum Gasteiger partial charge on any atom is -0.496 e. The van der Waals surface area contributed by atoms with Crippen LogP contribution in [0.2, 0.25) is 0 Å². The van der Waals surface area contributed by atoms with Gasteiger partial charge in [-0.2, -0.15) is 4.98 Å². The fourth-order valence-corrected chi connectivity index (χ4v) is 4.30. The van der Waals surface area contributed by atoms with Crippen LogP contribution in [0.5, 0.6) is 23.1 Å². The maximum Gasteiger partial charge on any atom is 0.247 e. The highest BCUT2D eigenvalue weighted by molar-refractivity contribution is 7.99. The molecule has 0 amide bonds. The standard InChI is InChI=1S/C23H26N4O4S/c1-5-6-11-32-23-25-22-20(26-27-23)15-9-7-8-10-16(15)24-21(31-22)19-17(29-3)12-14(28-2)13-18(19)30-4/h7-10,12-13,21,24H,5-6,11H2,1-4H3/t21-/m0/s1. The molecule has 0 aliphatic carbocycles. The van der Waals surface area contributed by atoms with Crippen molar-refractivity contribution >= 4 is 17.4 Å². The van der Waals surface area contributed by atoms with Gasteiger partial charge in [0.25, 0.3) is 0 Å². The van der Waals surface area contributed by atoms with E-state index in [2.05, 4.69) is 27.4 Å². The summed E-state index contributed by atoms with van der Waals surface area (Å²) in [5.74, 6) is 3.09. The molecule has 8 nitrogen and oxygen atoms in total. The third-order valence-electron chi connectivity index (χ3n) is 5.08. The lowest BCUT2D eigenvalue weighted by Gasteiger charge is -2.23. The van der Waals surface area contributed by atoms with Gasteiger partial charge in [0.15, 0.2) is 5.69 Å². The van der Waals surface area contributed by atoms with Crippen molar-refractivity contribution in [2.75, 3.05) is 32.4 Å². The Hall–Kier alpha value is -3.20. The molecule has 0 saturated heterocycles. The molecular weight excluding hydrogens is 428 g/mol. The van der Waals surface area contributed by atoms with E-state index in [-0.39, 0.29) is 0 Å². The largest absolute Gasteiger partial charge is 0.496 e. The first kappa shape index (κ1) is 22.0. The topological polar surface area (TPSA) is 87.6 Å². The van der Waals surface area contributed by atoms with Crippen molar-refractivity contribution in [2.45, 2.75) is 31.1 Å². The van der Waals surface area contributed by atoms with Gasteiger partial charge in [-0.1, -0.05) is 43.3 Å². The average molecular weight is 455 g/mol. The zero-order chi connectivity index (χ0) is 22.5. The lowest BCUT2D eigenvalue weighted by molar-refractivity contribution is 0.213. The van der Waals surface area contributed by atoms with Crippen LogP contribution in [0.25, 0.3) is 11.3 Å². The number of aromatic nitrogens is 3. The number of nitrogens with one attached hydrogen (secondary N) is 1. The Balaban J connectivity index is 1.82. The molecule has 1 N–H and O–H groups in total. The molecule has 0 unspecified atom stereocenters. The molecule has 0 bridgehead atoms. The van der Waals surface area contributed by atoms with E-state index < -0.39 is 6.23 Å². The minimum atomic E-state index is -0.640. The molecule has 2 aromatic carbocycles. The first-order chi connectivity index (χ1) is 15.7. The molecule has 9 heteroatoms. The number of hydrogen-bond acceptors (Lipinski definition) is 9. The van der Waals surface area contributed by atoms with Gasteiger partial charge in [0, 0.05) is 29.1 Å². The molecule has 0 spiro atoms. The van der Waals surface area contributed by atoms with Crippen LogP contribution in [-0.4, -0.2) is 42.3 Å². The molecular formula is C23H26N4O4S. The summed E-state index contributed by atoms with van der Waals surface area (Å²) >= 11 is 1.57. The van der Waals surface area contributed by atoms with Crippen molar-refractivity contribution in [3.8, 4) is 34.4 Å². The molecule has 2 heterocycles. The van der Waals surface area contributed by atoms with Gasteiger partial charge in [-0.25, -0.2) is 0 Å². The summed E-state index contributed by atoms with van der Waals surface area (Å²) in [7, 11) is 4.80. The Morgan fingerprint density at radius 2 is 1.78 bits per heavy atom. The Morgan fingerprint density at radius 3 is 2.47 bits per heavy atom. The quantitative estimate of drug-likeness (QED) is 0.375. The van der Waals surface area contributed by atoms with Crippen molar-refractivity contribution in [3.63, 3.8) is 0 Å². The van der Waals surface area contributed by atoms with Crippen LogP contribution in [0.15, 0.2) is 41.6 Å². The Morgan fingerprint density at radius 1 is 1.03 bits per heavy atom. The summed E-state index contributed by atoms with van der Waals surface area (Å²) in [6.45, 7) is 2.16. The van der Waals surface area contributed by atoms with Gasteiger partial charge in [-0.15, -0.1) is 10.2 Å². The lowest BCUT2D eigenvalue weighted by Crippen LogP contribution is -2.19. The number of rotatable bonds is 8. The van der Waals surface area contributed by atoms with Gasteiger partial charge in [-0.05, 0) is 12.5 Å². The van der Waals surface area contributed by atoms with Gasteiger partial charge < -0.3 is 24.3 Å². The van der Waals surface area contributed by atoms with E-state index in [4.69, 9.17) is 18.9 Å². The van der Waals surface area contributed by atoms with Crippen LogP contribution in [0.4, 0.5) is 5.69 Å². The summed E-state index contributed by atoms with van der Waals surface area (Å²) in [4.78, 5) is 4.69. The molecule has 3 aromatic rings. The maximum atomic E-state index is 6.39. The molecule has 1 atom stereocenters. The molecule has 168 valence electrons.